The summed E-state index contributed by atoms with van der Waals surface area (Å²) >= 11 is 0. The van der Waals surface area contributed by atoms with Crippen molar-refractivity contribution in [1.29, 1.82) is 0 Å². The van der Waals surface area contributed by atoms with Crippen molar-refractivity contribution in [2.24, 2.45) is 5.92 Å². The molecule has 0 saturated carbocycles. The van der Waals surface area contributed by atoms with Crippen LogP contribution in [0.15, 0.2) is 0 Å². The van der Waals surface area contributed by atoms with Gasteiger partial charge < -0.3 is 9.84 Å². The Labute approximate surface area is 97.6 Å². The average molecular weight is 229 g/mol. The van der Waals surface area contributed by atoms with E-state index in [1.54, 1.807) is 0 Å². The van der Waals surface area contributed by atoms with Gasteiger partial charge in [0, 0.05) is 19.7 Å². The van der Waals surface area contributed by atoms with E-state index in [1.807, 2.05) is 6.92 Å². The topological polar surface area (TPSA) is 49.8 Å². The maximum atomic E-state index is 11.0. The van der Waals surface area contributed by atoms with Gasteiger partial charge in [-0.15, -0.1) is 0 Å². The number of carboxylic acid groups (broad SMARTS) is 1. The van der Waals surface area contributed by atoms with Crippen molar-refractivity contribution in [3.05, 3.63) is 0 Å². The zero-order valence-electron chi connectivity index (χ0n) is 10.3. The maximum absolute atomic E-state index is 11.0. The van der Waals surface area contributed by atoms with E-state index in [-0.39, 0.29) is 0 Å². The van der Waals surface area contributed by atoms with Crippen LogP contribution in [-0.4, -0.2) is 48.3 Å². The number of hydrogen-bond donors (Lipinski definition) is 1. The Morgan fingerprint density at radius 2 is 2.31 bits per heavy atom. The fraction of sp³-hybridized carbons (Fsp3) is 0.917. The predicted molar refractivity (Wildman–Crippen MR) is 62.5 cm³/mol. The summed E-state index contributed by atoms with van der Waals surface area (Å²) in [6, 6.07) is 0. The van der Waals surface area contributed by atoms with Crippen molar-refractivity contribution in [2.75, 3.05) is 26.2 Å². The molecule has 0 aliphatic carbocycles. The molecule has 2 unspecified atom stereocenters. The third-order valence-corrected chi connectivity index (χ3v) is 3.25. The van der Waals surface area contributed by atoms with Gasteiger partial charge in [-0.25, -0.2) is 4.79 Å². The summed E-state index contributed by atoms with van der Waals surface area (Å²) in [5, 5.41) is 9.01. The lowest BCUT2D eigenvalue weighted by atomic mass is 9.95. The van der Waals surface area contributed by atoms with Crippen LogP contribution in [0.25, 0.3) is 0 Å². The fourth-order valence-electron chi connectivity index (χ4n) is 2.29. The van der Waals surface area contributed by atoms with Crippen molar-refractivity contribution >= 4 is 5.97 Å². The molecule has 4 nitrogen and oxygen atoms in total. The minimum absolute atomic E-state index is 0.460. The van der Waals surface area contributed by atoms with Crippen LogP contribution in [-0.2, 0) is 9.53 Å². The van der Waals surface area contributed by atoms with E-state index in [0.717, 1.165) is 19.0 Å². The molecule has 4 heteroatoms. The lowest BCUT2D eigenvalue weighted by Gasteiger charge is -2.33. The SMILES string of the molecule is CCOC(CN1CCCC(CC)C1)C(=O)O. The van der Waals surface area contributed by atoms with Gasteiger partial charge in [0.1, 0.15) is 0 Å². The molecule has 0 aromatic rings. The number of carbonyl (C=O) groups is 1. The quantitative estimate of drug-likeness (QED) is 0.751. The zero-order valence-corrected chi connectivity index (χ0v) is 10.3. The van der Waals surface area contributed by atoms with Crippen LogP contribution >= 0.6 is 0 Å². The van der Waals surface area contributed by atoms with Gasteiger partial charge in [0.2, 0.25) is 0 Å². The highest BCUT2D eigenvalue weighted by Gasteiger charge is 2.25. The van der Waals surface area contributed by atoms with E-state index < -0.39 is 12.1 Å². The monoisotopic (exact) mass is 229 g/mol. The van der Waals surface area contributed by atoms with Gasteiger partial charge >= 0.3 is 5.97 Å². The van der Waals surface area contributed by atoms with Crippen LogP contribution < -0.4 is 0 Å². The van der Waals surface area contributed by atoms with Gasteiger partial charge in [-0.05, 0) is 32.2 Å². The van der Waals surface area contributed by atoms with Gasteiger partial charge in [-0.2, -0.15) is 0 Å². The fourth-order valence-corrected chi connectivity index (χ4v) is 2.29. The number of piperidine rings is 1. The molecule has 1 aliphatic rings. The first kappa shape index (κ1) is 13.5. The Kier molecular flexibility index (Phi) is 5.77. The van der Waals surface area contributed by atoms with E-state index in [0.29, 0.717) is 13.2 Å². The molecule has 1 saturated heterocycles. The molecule has 1 fully saturated rings. The average Bonchev–Trinajstić information content (AvgIpc) is 2.28. The van der Waals surface area contributed by atoms with Crippen LogP contribution in [0.4, 0.5) is 0 Å². The summed E-state index contributed by atoms with van der Waals surface area (Å²) in [4.78, 5) is 13.2. The number of likely N-dealkylation sites (tertiary alicyclic amines) is 1. The molecule has 1 rings (SSSR count). The molecule has 1 N–H and O–H groups in total. The van der Waals surface area contributed by atoms with Crippen LogP contribution in [0.5, 0.6) is 0 Å². The van der Waals surface area contributed by atoms with E-state index in [9.17, 15) is 4.79 Å². The molecule has 94 valence electrons. The van der Waals surface area contributed by atoms with Gasteiger partial charge in [-0.3, -0.25) is 4.90 Å². The Hall–Kier alpha value is -0.610. The Balaban J connectivity index is 2.41. The van der Waals surface area contributed by atoms with Gasteiger partial charge in [0.25, 0.3) is 0 Å². The summed E-state index contributed by atoms with van der Waals surface area (Å²) in [5.41, 5.74) is 0. The third kappa shape index (κ3) is 4.10. The molecule has 0 aromatic heterocycles. The molecule has 16 heavy (non-hydrogen) atoms. The van der Waals surface area contributed by atoms with Gasteiger partial charge in [0.05, 0.1) is 0 Å². The number of ether oxygens (including phenoxy) is 1. The number of nitrogens with zero attached hydrogens (tertiary/aromatic N) is 1. The van der Waals surface area contributed by atoms with Crippen LogP contribution in [0.3, 0.4) is 0 Å². The minimum atomic E-state index is -0.847. The Morgan fingerprint density at radius 1 is 1.56 bits per heavy atom. The third-order valence-electron chi connectivity index (χ3n) is 3.25. The molecule has 2 atom stereocenters. The summed E-state index contributed by atoms with van der Waals surface area (Å²) in [6.07, 6.45) is 2.97. The first-order valence-electron chi connectivity index (χ1n) is 6.24. The highest BCUT2D eigenvalue weighted by atomic mass is 16.5. The highest BCUT2D eigenvalue weighted by molar-refractivity contribution is 5.72. The molecule has 1 heterocycles. The standard InChI is InChI=1S/C12H23NO3/c1-3-10-6-5-7-13(8-10)9-11(12(14)15)16-4-2/h10-11H,3-9H2,1-2H3,(H,14,15). The van der Waals surface area contributed by atoms with Crippen molar-refractivity contribution in [3.8, 4) is 0 Å². The zero-order chi connectivity index (χ0) is 12.0. The molecule has 0 radical (unpaired) electrons. The second-order valence-corrected chi connectivity index (χ2v) is 4.46. The Bertz CT molecular complexity index is 220. The largest absolute Gasteiger partial charge is 0.479 e. The van der Waals surface area contributed by atoms with E-state index >= 15 is 0 Å². The second-order valence-electron chi connectivity index (χ2n) is 4.46. The number of hydrogen-bond acceptors (Lipinski definition) is 3. The molecule has 0 bridgehead atoms. The van der Waals surface area contributed by atoms with E-state index in [4.69, 9.17) is 9.84 Å². The highest BCUT2D eigenvalue weighted by Crippen LogP contribution is 2.19. The smallest absolute Gasteiger partial charge is 0.334 e. The summed E-state index contributed by atoms with van der Waals surface area (Å²) in [5.74, 6) is -0.120. The summed E-state index contributed by atoms with van der Waals surface area (Å²) < 4.78 is 5.23. The van der Waals surface area contributed by atoms with Crippen molar-refractivity contribution in [2.45, 2.75) is 39.2 Å². The molecule has 0 spiro atoms. The number of aliphatic carboxylic acids is 1. The normalized spacial score (nSPS) is 24.2. The molecule has 1 aliphatic heterocycles. The number of carboxylic acids is 1. The summed E-state index contributed by atoms with van der Waals surface area (Å²) in [6.45, 7) is 7.05. The maximum Gasteiger partial charge on any atom is 0.334 e. The summed E-state index contributed by atoms with van der Waals surface area (Å²) in [7, 11) is 0. The van der Waals surface area contributed by atoms with Crippen molar-refractivity contribution < 1.29 is 14.6 Å². The molecule has 0 aromatic carbocycles. The van der Waals surface area contributed by atoms with Crippen molar-refractivity contribution in [3.63, 3.8) is 0 Å². The first-order valence-corrected chi connectivity index (χ1v) is 6.24. The first-order chi connectivity index (χ1) is 7.67. The minimum Gasteiger partial charge on any atom is -0.479 e. The van der Waals surface area contributed by atoms with Crippen LogP contribution in [0.2, 0.25) is 0 Å². The molecular weight excluding hydrogens is 206 g/mol. The van der Waals surface area contributed by atoms with Gasteiger partial charge in [0.15, 0.2) is 6.10 Å². The van der Waals surface area contributed by atoms with Gasteiger partial charge in [-0.1, -0.05) is 13.3 Å². The number of rotatable bonds is 6. The second kappa shape index (κ2) is 6.86. The lowest BCUT2D eigenvalue weighted by molar-refractivity contribution is -0.151. The van der Waals surface area contributed by atoms with E-state index in [2.05, 4.69) is 11.8 Å². The predicted octanol–water partition coefficient (Wildman–Crippen LogP) is 1.60. The van der Waals surface area contributed by atoms with Crippen LogP contribution in [0.1, 0.15) is 33.1 Å². The van der Waals surface area contributed by atoms with Crippen molar-refractivity contribution in [1.82, 2.24) is 4.90 Å². The van der Waals surface area contributed by atoms with E-state index in [1.165, 1.54) is 19.3 Å². The van der Waals surface area contributed by atoms with Crippen LogP contribution in [0, 0.1) is 5.92 Å². The molecular formula is C12H23NO3. The lowest BCUT2D eigenvalue weighted by Crippen LogP contribution is -2.43. The molecule has 0 amide bonds. The Morgan fingerprint density at radius 3 is 2.88 bits per heavy atom.